The summed E-state index contributed by atoms with van der Waals surface area (Å²) in [6, 6.07) is 0. The Kier molecular flexibility index (Phi) is 10.7. The standard InChI is InChI=1S/C18H34O15/c1-5-9(23)13(27)15(29)17(30-5)33-16-14(28)12(26)8(4-21)32-18(16)31-7(3-20)11(25)10(24)6(22)2-19/h5-29H,2-4H2,1H3/t5-,6+,7+,8+,9-,10+,11+,12+,13+,14-,15+,16-,17-,18-/m0/s1. The van der Waals surface area contributed by atoms with Crippen molar-refractivity contribution in [1.82, 2.24) is 0 Å². The molecule has 0 spiro atoms. The zero-order valence-corrected chi connectivity index (χ0v) is 17.8. The van der Waals surface area contributed by atoms with E-state index in [1.165, 1.54) is 6.92 Å². The highest BCUT2D eigenvalue weighted by Crippen LogP contribution is 2.30. The van der Waals surface area contributed by atoms with Crippen LogP contribution in [0.4, 0.5) is 0 Å². The van der Waals surface area contributed by atoms with E-state index in [-0.39, 0.29) is 0 Å². The average Bonchev–Trinajstić information content (AvgIpc) is 2.81. The van der Waals surface area contributed by atoms with E-state index in [1.54, 1.807) is 0 Å². The summed E-state index contributed by atoms with van der Waals surface area (Å²) in [7, 11) is 0. The van der Waals surface area contributed by atoms with Crippen molar-refractivity contribution in [2.75, 3.05) is 19.8 Å². The molecule has 33 heavy (non-hydrogen) atoms. The van der Waals surface area contributed by atoms with Crippen molar-refractivity contribution in [3.63, 3.8) is 0 Å². The van der Waals surface area contributed by atoms with Crippen LogP contribution in [0.5, 0.6) is 0 Å². The molecule has 14 atom stereocenters. The van der Waals surface area contributed by atoms with E-state index in [9.17, 15) is 51.1 Å². The number of hydrogen-bond acceptors (Lipinski definition) is 15. The maximum absolute atomic E-state index is 10.5. The summed E-state index contributed by atoms with van der Waals surface area (Å²) in [5, 5.41) is 108. The van der Waals surface area contributed by atoms with E-state index in [4.69, 9.17) is 24.1 Å². The largest absolute Gasteiger partial charge is 0.394 e. The Morgan fingerprint density at radius 2 is 1.36 bits per heavy atom. The first-order valence-electron chi connectivity index (χ1n) is 10.4. The molecule has 15 nitrogen and oxygen atoms in total. The molecule has 11 N–H and O–H groups in total. The molecule has 0 bridgehead atoms. The van der Waals surface area contributed by atoms with Gasteiger partial charge in [-0.2, -0.15) is 0 Å². The maximum Gasteiger partial charge on any atom is 0.187 e. The van der Waals surface area contributed by atoms with E-state index in [0.29, 0.717) is 0 Å². The molecule has 0 aliphatic carbocycles. The van der Waals surface area contributed by atoms with Crippen LogP contribution in [-0.4, -0.2) is 162 Å². The van der Waals surface area contributed by atoms with Crippen LogP contribution in [0.1, 0.15) is 6.92 Å². The normalized spacial score (nSPS) is 43.6. The molecule has 0 aromatic heterocycles. The van der Waals surface area contributed by atoms with Gasteiger partial charge in [0, 0.05) is 0 Å². The Labute approximate surface area is 188 Å². The minimum absolute atomic E-state index is 0.784. The molecule has 2 fully saturated rings. The van der Waals surface area contributed by atoms with Gasteiger partial charge in [0.25, 0.3) is 0 Å². The molecule has 2 aliphatic heterocycles. The van der Waals surface area contributed by atoms with Gasteiger partial charge in [-0.25, -0.2) is 0 Å². The summed E-state index contributed by atoms with van der Waals surface area (Å²) in [5.74, 6) is 0. The Morgan fingerprint density at radius 3 is 1.91 bits per heavy atom. The summed E-state index contributed by atoms with van der Waals surface area (Å²) >= 11 is 0. The number of rotatable bonds is 10. The first-order valence-corrected chi connectivity index (χ1v) is 10.4. The van der Waals surface area contributed by atoms with Crippen LogP contribution >= 0.6 is 0 Å². The lowest BCUT2D eigenvalue weighted by atomic mass is 9.97. The summed E-state index contributed by atoms with van der Waals surface area (Å²) in [5.41, 5.74) is 0. The number of ether oxygens (including phenoxy) is 4. The van der Waals surface area contributed by atoms with Crippen LogP contribution in [-0.2, 0) is 18.9 Å². The molecule has 0 radical (unpaired) electrons. The van der Waals surface area contributed by atoms with Crippen LogP contribution in [0.2, 0.25) is 0 Å². The molecular formula is C18H34O15. The van der Waals surface area contributed by atoms with Gasteiger partial charge >= 0.3 is 0 Å². The molecule has 196 valence electrons. The lowest BCUT2D eigenvalue weighted by molar-refractivity contribution is -0.373. The van der Waals surface area contributed by atoms with Crippen LogP contribution in [0.15, 0.2) is 0 Å². The van der Waals surface area contributed by atoms with Gasteiger partial charge in [-0.15, -0.1) is 0 Å². The highest BCUT2D eigenvalue weighted by Gasteiger charge is 2.51. The van der Waals surface area contributed by atoms with E-state index in [2.05, 4.69) is 0 Å². The molecular weight excluding hydrogens is 456 g/mol. The third-order valence-corrected chi connectivity index (χ3v) is 5.73. The van der Waals surface area contributed by atoms with Gasteiger partial charge < -0.3 is 75.1 Å². The predicted octanol–water partition coefficient (Wildman–Crippen LogP) is -6.91. The van der Waals surface area contributed by atoms with Crippen LogP contribution in [0, 0.1) is 0 Å². The third-order valence-electron chi connectivity index (χ3n) is 5.73. The van der Waals surface area contributed by atoms with Gasteiger partial charge in [0.2, 0.25) is 0 Å². The molecule has 0 saturated carbocycles. The predicted molar refractivity (Wildman–Crippen MR) is 102 cm³/mol. The van der Waals surface area contributed by atoms with Crippen LogP contribution in [0.3, 0.4) is 0 Å². The minimum Gasteiger partial charge on any atom is -0.394 e. The fourth-order valence-corrected chi connectivity index (χ4v) is 3.55. The maximum atomic E-state index is 10.5. The Hall–Kier alpha value is -0.600. The van der Waals surface area contributed by atoms with Crippen LogP contribution in [0.25, 0.3) is 0 Å². The van der Waals surface area contributed by atoms with Gasteiger partial charge in [-0.3, -0.25) is 0 Å². The minimum atomic E-state index is -1.97. The molecule has 0 unspecified atom stereocenters. The van der Waals surface area contributed by atoms with Crippen molar-refractivity contribution in [3.05, 3.63) is 0 Å². The highest BCUT2D eigenvalue weighted by molar-refractivity contribution is 4.94. The fraction of sp³-hybridized carbons (Fsp3) is 1.00. The first kappa shape index (κ1) is 28.6. The Balaban J connectivity index is 2.24. The van der Waals surface area contributed by atoms with E-state index in [1.807, 2.05) is 0 Å². The van der Waals surface area contributed by atoms with Gasteiger partial charge in [0.05, 0.1) is 25.9 Å². The summed E-state index contributed by atoms with van der Waals surface area (Å²) < 4.78 is 21.5. The zero-order chi connectivity index (χ0) is 25.0. The molecule has 2 aliphatic rings. The van der Waals surface area contributed by atoms with Crippen molar-refractivity contribution in [1.29, 1.82) is 0 Å². The van der Waals surface area contributed by atoms with Gasteiger partial charge in [0.1, 0.15) is 67.1 Å². The second kappa shape index (κ2) is 12.4. The second-order valence-electron chi connectivity index (χ2n) is 8.08. The molecule has 0 aromatic rings. The number of aliphatic hydroxyl groups excluding tert-OH is 11. The number of hydrogen-bond donors (Lipinski definition) is 11. The zero-order valence-electron chi connectivity index (χ0n) is 17.8. The summed E-state index contributed by atoms with van der Waals surface area (Å²) in [4.78, 5) is 0. The number of aliphatic hydroxyl groups is 11. The van der Waals surface area contributed by atoms with Crippen molar-refractivity contribution in [2.45, 2.75) is 92.8 Å². The Bertz CT molecular complexity index is 583. The lowest BCUT2D eigenvalue weighted by Crippen LogP contribution is -2.65. The molecule has 15 heteroatoms. The smallest absolute Gasteiger partial charge is 0.187 e. The van der Waals surface area contributed by atoms with Crippen molar-refractivity contribution >= 4 is 0 Å². The molecule has 2 heterocycles. The van der Waals surface area contributed by atoms with E-state index < -0.39 is 106 Å². The molecule has 2 saturated heterocycles. The first-order chi connectivity index (χ1) is 15.5. The second-order valence-corrected chi connectivity index (χ2v) is 8.08. The molecule has 0 amide bonds. The van der Waals surface area contributed by atoms with E-state index in [0.717, 1.165) is 0 Å². The quantitative estimate of drug-likeness (QED) is 0.136. The summed E-state index contributed by atoms with van der Waals surface area (Å²) in [6.45, 7) is -1.27. The van der Waals surface area contributed by atoms with Gasteiger partial charge in [0.15, 0.2) is 12.6 Å². The SMILES string of the molecule is C[C@@H]1O[C@@H](O[C@@H]2[C@@H](O[C@H](CO)[C@@H](O)[C@H](O)[C@H](O)CO)O[C@H](CO)[C@@H](O)[C@@H]2O)[C@H](O)[C@H](O)[C@H]1O. The fourth-order valence-electron chi connectivity index (χ4n) is 3.55. The van der Waals surface area contributed by atoms with Crippen LogP contribution < -0.4 is 0 Å². The Morgan fingerprint density at radius 1 is 0.727 bits per heavy atom. The van der Waals surface area contributed by atoms with Gasteiger partial charge in [-0.1, -0.05) is 0 Å². The molecule has 2 rings (SSSR count). The monoisotopic (exact) mass is 490 g/mol. The van der Waals surface area contributed by atoms with Gasteiger partial charge in [-0.05, 0) is 6.92 Å². The molecule has 0 aromatic carbocycles. The third kappa shape index (κ3) is 6.35. The van der Waals surface area contributed by atoms with Crippen molar-refractivity contribution in [3.8, 4) is 0 Å². The average molecular weight is 490 g/mol. The summed E-state index contributed by atoms with van der Waals surface area (Å²) in [6.07, 6.45) is -23.4. The van der Waals surface area contributed by atoms with E-state index >= 15 is 0 Å². The van der Waals surface area contributed by atoms with Crippen molar-refractivity contribution in [2.24, 2.45) is 0 Å². The van der Waals surface area contributed by atoms with Crippen molar-refractivity contribution < 1.29 is 75.1 Å². The lowest BCUT2D eigenvalue weighted by Gasteiger charge is -2.46. The topological polar surface area (TPSA) is 259 Å². The highest BCUT2D eigenvalue weighted by atomic mass is 16.8.